The molecule has 0 aliphatic rings. The van der Waals surface area contributed by atoms with Crippen molar-refractivity contribution in [2.24, 2.45) is 0 Å². The third-order valence-corrected chi connectivity index (χ3v) is 2.95. The van der Waals surface area contributed by atoms with Gasteiger partial charge in [0, 0.05) is 11.5 Å². The first-order chi connectivity index (χ1) is 9.12. The number of hydrogen-bond acceptors (Lipinski definition) is 5. The van der Waals surface area contributed by atoms with Crippen LogP contribution >= 0.6 is 11.6 Å². The first kappa shape index (κ1) is 13.4. The first-order valence-electron chi connectivity index (χ1n) is 5.42. The second-order valence-corrected chi connectivity index (χ2v) is 4.09. The molecule has 0 saturated carbocycles. The summed E-state index contributed by atoms with van der Waals surface area (Å²) >= 11 is 6.09. The van der Waals surface area contributed by atoms with Gasteiger partial charge in [0.05, 0.1) is 26.4 Å². The number of pyridine rings is 1. The monoisotopic (exact) mass is 281 g/mol. The van der Waals surface area contributed by atoms with Crippen LogP contribution in [0.3, 0.4) is 0 Å². The minimum Gasteiger partial charge on any atom is -0.494 e. The Balaban J connectivity index is 2.77. The summed E-state index contributed by atoms with van der Waals surface area (Å²) in [5.41, 5.74) is 0.685. The molecule has 2 aromatic rings. The Hall–Kier alpha value is -2.01. The van der Waals surface area contributed by atoms with Crippen molar-refractivity contribution >= 4 is 28.5 Å². The summed E-state index contributed by atoms with van der Waals surface area (Å²) in [5.74, 6) is 0.436. The molecule has 0 aliphatic heterocycles. The van der Waals surface area contributed by atoms with Crippen molar-refractivity contribution < 1.29 is 19.0 Å². The summed E-state index contributed by atoms with van der Waals surface area (Å²) in [7, 11) is 4.32. The van der Waals surface area contributed by atoms with Gasteiger partial charge in [0.2, 0.25) is 0 Å². The number of rotatable bonds is 3. The van der Waals surface area contributed by atoms with Crippen LogP contribution in [0.4, 0.5) is 0 Å². The lowest BCUT2D eigenvalue weighted by atomic mass is 10.1. The van der Waals surface area contributed by atoms with Crippen molar-refractivity contribution in [2.45, 2.75) is 0 Å². The molecule has 0 atom stereocenters. The van der Waals surface area contributed by atoms with E-state index in [1.54, 1.807) is 18.2 Å². The Morgan fingerprint density at radius 1 is 1.21 bits per heavy atom. The molecule has 19 heavy (non-hydrogen) atoms. The van der Waals surface area contributed by atoms with Crippen LogP contribution in [0.1, 0.15) is 10.5 Å². The van der Waals surface area contributed by atoms with Crippen molar-refractivity contribution in [3.8, 4) is 11.5 Å². The largest absolute Gasteiger partial charge is 0.494 e. The highest BCUT2D eigenvalue weighted by atomic mass is 35.5. The van der Waals surface area contributed by atoms with E-state index in [1.165, 1.54) is 21.3 Å². The highest BCUT2D eigenvalue weighted by Gasteiger charge is 2.16. The molecule has 1 aromatic carbocycles. The van der Waals surface area contributed by atoms with Gasteiger partial charge in [-0.1, -0.05) is 11.6 Å². The van der Waals surface area contributed by atoms with E-state index in [4.69, 9.17) is 21.1 Å². The molecular weight excluding hydrogens is 270 g/mol. The Bertz CT molecular complexity index is 642. The lowest BCUT2D eigenvalue weighted by molar-refractivity contribution is 0.0594. The molecule has 0 aliphatic carbocycles. The second kappa shape index (κ2) is 5.32. The highest BCUT2D eigenvalue weighted by Crippen LogP contribution is 2.38. The Kier molecular flexibility index (Phi) is 3.76. The molecule has 1 aromatic heterocycles. The van der Waals surface area contributed by atoms with Gasteiger partial charge in [-0.3, -0.25) is 0 Å². The van der Waals surface area contributed by atoms with Crippen LogP contribution in [-0.2, 0) is 4.74 Å². The van der Waals surface area contributed by atoms with Crippen LogP contribution in [0, 0.1) is 0 Å². The van der Waals surface area contributed by atoms with Gasteiger partial charge < -0.3 is 14.2 Å². The number of fused-ring (bicyclic) bond motifs is 1. The van der Waals surface area contributed by atoms with E-state index in [0.717, 1.165) is 0 Å². The number of halogens is 1. The molecule has 6 heteroatoms. The van der Waals surface area contributed by atoms with Crippen LogP contribution in [0.15, 0.2) is 18.2 Å². The molecule has 0 unspecified atom stereocenters. The number of benzene rings is 1. The van der Waals surface area contributed by atoms with Gasteiger partial charge in [0.25, 0.3) is 0 Å². The zero-order valence-corrected chi connectivity index (χ0v) is 11.4. The topological polar surface area (TPSA) is 57.7 Å². The minimum atomic E-state index is -0.516. The molecule has 1 heterocycles. The number of aromatic nitrogens is 1. The molecular formula is C13H12ClNO4. The fourth-order valence-electron chi connectivity index (χ4n) is 1.79. The number of ether oxygens (including phenoxy) is 3. The average molecular weight is 282 g/mol. The van der Waals surface area contributed by atoms with E-state index in [9.17, 15) is 4.79 Å². The number of carbonyl (C=O) groups excluding carboxylic acids is 1. The third kappa shape index (κ3) is 2.29. The molecule has 0 saturated heterocycles. The fourth-order valence-corrected chi connectivity index (χ4v) is 2.07. The third-order valence-electron chi connectivity index (χ3n) is 2.67. The van der Waals surface area contributed by atoms with Crippen molar-refractivity contribution in [1.29, 1.82) is 0 Å². The van der Waals surface area contributed by atoms with E-state index in [1.807, 2.05) is 0 Å². The summed E-state index contributed by atoms with van der Waals surface area (Å²) in [6.07, 6.45) is 0. The van der Waals surface area contributed by atoms with Crippen molar-refractivity contribution in [1.82, 2.24) is 4.98 Å². The second-order valence-electron chi connectivity index (χ2n) is 3.68. The maximum absolute atomic E-state index is 11.5. The van der Waals surface area contributed by atoms with Gasteiger partial charge in [-0.2, -0.15) is 0 Å². The highest BCUT2D eigenvalue weighted by molar-refractivity contribution is 6.33. The zero-order valence-electron chi connectivity index (χ0n) is 10.7. The summed E-state index contributed by atoms with van der Waals surface area (Å²) in [5, 5.41) is 1.08. The molecule has 0 N–H and O–H groups in total. The molecule has 100 valence electrons. The zero-order chi connectivity index (χ0) is 14.0. The molecule has 0 spiro atoms. The summed E-state index contributed by atoms with van der Waals surface area (Å²) in [6, 6.07) is 4.84. The molecule has 0 fully saturated rings. The Morgan fingerprint density at radius 3 is 2.53 bits per heavy atom. The van der Waals surface area contributed by atoms with Crippen LogP contribution in [0.25, 0.3) is 10.9 Å². The molecule has 0 bridgehead atoms. The number of methoxy groups -OCH3 is 3. The van der Waals surface area contributed by atoms with Crippen LogP contribution < -0.4 is 9.47 Å². The SMILES string of the molecule is COC(=O)c1ccc2c(OC)c(Cl)cc(OC)c2n1. The smallest absolute Gasteiger partial charge is 0.356 e. The van der Waals surface area contributed by atoms with Crippen LogP contribution in [0.2, 0.25) is 5.02 Å². The lowest BCUT2D eigenvalue weighted by Crippen LogP contribution is -2.04. The first-order valence-corrected chi connectivity index (χ1v) is 5.79. The quantitative estimate of drug-likeness (QED) is 0.810. The lowest BCUT2D eigenvalue weighted by Gasteiger charge is -2.11. The van der Waals surface area contributed by atoms with Gasteiger partial charge >= 0.3 is 5.97 Å². The molecule has 2 rings (SSSR count). The summed E-state index contributed by atoms with van der Waals surface area (Å²) in [6.45, 7) is 0. The average Bonchev–Trinajstić information content (AvgIpc) is 2.45. The Morgan fingerprint density at radius 2 is 1.95 bits per heavy atom. The van der Waals surface area contributed by atoms with Gasteiger partial charge in [0.1, 0.15) is 22.7 Å². The van der Waals surface area contributed by atoms with E-state index < -0.39 is 5.97 Å². The van der Waals surface area contributed by atoms with Gasteiger partial charge in [-0.25, -0.2) is 9.78 Å². The van der Waals surface area contributed by atoms with E-state index in [2.05, 4.69) is 9.72 Å². The summed E-state index contributed by atoms with van der Waals surface area (Å²) in [4.78, 5) is 15.7. The summed E-state index contributed by atoms with van der Waals surface area (Å²) < 4.78 is 15.1. The maximum atomic E-state index is 11.5. The predicted octanol–water partition coefficient (Wildman–Crippen LogP) is 2.69. The minimum absolute atomic E-state index is 0.192. The van der Waals surface area contributed by atoms with E-state index in [0.29, 0.717) is 27.4 Å². The molecule has 5 nitrogen and oxygen atoms in total. The standard InChI is InChI=1S/C13H12ClNO4/c1-17-10-6-8(14)12(18-2)7-4-5-9(13(16)19-3)15-11(7)10/h4-6H,1-3H3. The molecule has 0 amide bonds. The number of carbonyl (C=O) groups is 1. The predicted molar refractivity (Wildman–Crippen MR) is 71.2 cm³/mol. The number of nitrogens with zero attached hydrogens (tertiary/aromatic N) is 1. The van der Waals surface area contributed by atoms with Crippen molar-refractivity contribution in [3.05, 3.63) is 28.9 Å². The normalized spacial score (nSPS) is 10.3. The van der Waals surface area contributed by atoms with Crippen molar-refractivity contribution in [2.75, 3.05) is 21.3 Å². The van der Waals surface area contributed by atoms with Crippen LogP contribution in [0.5, 0.6) is 11.5 Å². The number of esters is 1. The van der Waals surface area contributed by atoms with Gasteiger partial charge in [0.15, 0.2) is 0 Å². The van der Waals surface area contributed by atoms with Gasteiger partial charge in [-0.15, -0.1) is 0 Å². The van der Waals surface area contributed by atoms with Crippen LogP contribution in [-0.4, -0.2) is 32.3 Å². The van der Waals surface area contributed by atoms with E-state index >= 15 is 0 Å². The Labute approximate surface area is 115 Å². The number of hydrogen-bond donors (Lipinski definition) is 0. The van der Waals surface area contributed by atoms with E-state index in [-0.39, 0.29) is 5.69 Å². The maximum Gasteiger partial charge on any atom is 0.356 e. The van der Waals surface area contributed by atoms with Gasteiger partial charge in [-0.05, 0) is 12.1 Å². The van der Waals surface area contributed by atoms with Crippen molar-refractivity contribution in [3.63, 3.8) is 0 Å². The fraction of sp³-hybridized carbons (Fsp3) is 0.231. The molecule has 0 radical (unpaired) electrons.